The molecule has 0 aliphatic heterocycles. The second-order valence-corrected chi connectivity index (χ2v) is 3.50. The summed E-state index contributed by atoms with van der Waals surface area (Å²) in [6.45, 7) is 0. The Balaban J connectivity index is 0.00000256. The normalized spacial score (nSPS) is 12.8. The Hall–Kier alpha value is -0.940. The predicted molar refractivity (Wildman–Crippen MR) is 62.5 cm³/mol. The zero-order valence-electron chi connectivity index (χ0n) is 9.33. The molecule has 0 aromatic heterocycles. The third kappa shape index (κ3) is 5.28. The lowest BCUT2D eigenvalue weighted by atomic mass is 10.0. The maximum Gasteiger partial charge on any atom is 0.389 e. The van der Waals surface area contributed by atoms with Gasteiger partial charge >= 0.3 is 6.18 Å². The third-order valence-electron chi connectivity index (χ3n) is 2.28. The van der Waals surface area contributed by atoms with Gasteiger partial charge in [0.15, 0.2) is 0 Å². The summed E-state index contributed by atoms with van der Waals surface area (Å²) in [7, 11) is 1.47. The van der Waals surface area contributed by atoms with Crippen LogP contribution in [0.1, 0.15) is 24.4 Å². The summed E-state index contributed by atoms with van der Waals surface area (Å²) in [6.07, 6.45) is -5.18. The zero-order valence-corrected chi connectivity index (χ0v) is 10.1. The number of halogens is 4. The van der Waals surface area contributed by atoms with Crippen LogP contribution in [0.25, 0.3) is 0 Å². The number of alkyl halides is 3. The molecule has 0 saturated heterocycles. The first kappa shape index (κ1) is 16.1. The molecule has 0 aliphatic rings. The van der Waals surface area contributed by atoms with Crippen molar-refractivity contribution >= 4 is 12.4 Å². The minimum Gasteiger partial charge on any atom is -0.496 e. The van der Waals surface area contributed by atoms with Crippen LogP contribution in [0, 0.1) is 0 Å². The van der Waals surface area contributed by atoms with Crippen molar-refractivity contribution in [3.8, 4) is 5.75 Å². The molecule has 0 fully saturated rings. The van der Waals surface area contributed by atoms with Gasteiger partial charge in [0.2, 0.25) is 0 Å². The summed E-state index contributed by atoms with van der Waals surface area (Å²) in [5.74, 6) is 0.525. The molecule has 0 bridgehead atoms. The van der Waals surface area contributed by atoms with E-state index in [-0.39, 0.29) is 18.8 Å². The van der Waals surface area contributed by atoms with Crippen LogP contribution in [-0.4, -0.2) is 13.3 Å². The van der Waals surface area contributed by atoms with Crippen LogP contribution >= 0.6 is 12.4 Å². The van der Waals surface area contributed by atoms with Crippen molar-refractivity contribution in [3.63, 3.8) is 0 Å². The fourth-order valence-corrected chi connectivity index (χ4v) is 1.45. The fourth-order valence-electron chi connectivity index (χ4n) is 1.45. The molecule has 0 unspecified atom stereocenters. The second-order valence-electron chi connectivity index (χ2n) is 3.50. The van der Waals surface area contributed by atoms with Crippen molar-refractivity contribution in [3.05, 3.63) is 29.8 Å². The van der Waals surface area contributed by atoms with E-state index in [1.54, 1.807) is 24.3 Å². The molecule has 0 amide bonds. The number of hydrogen-bond donors (Lipinski definition) is 1. The van der Waals surface area contributed by atoms with Crippen molar-refractivity contribution in [1.82, 2.24) is 0 Å². The summed E-state index contributed by atoms with van der Waals surface area (Å²) in [4.78, 5) is 0. The molecule has 2 nitrogen and oxygen atoms in total. The zero-order chi connectivity index (χ0) is 12.2. The van der Waals surface area contributed by atoms with E-state index >= 15 is 0 Å². The van der Waals surface area contributed by atoms with E-state index in [9.17, 15) is 13.2 Å². The number of para-hydroxylation sites is 1. The highest BCUT2D eigenvalue weighted by Gasteiger charge is 2.28. The molecular formula is C11H15ClF3NO. The molecule has 2 N–H and O–H groups in total. The molecule has 1 aromatic carbocycles. The van der Waals surface area contributed by atoms with Crippen molar-refractivity contribution in [2.24, 2.45) is 5.73 Å². The molecule has 0 radical (unpaired) electrons. The number of benzene rings is 1. The van der Waals surface area contributed by atoms with Crippen LogP contribution in [-0.2, 0) is 0 Å². The Bertz CT molecular complexity index is 344. The summed E-state index contributed by atoms with van der Waals surface area (Å²) in [5, 5.41) is 0. The van der Waals surface area contributed by atoms with Gasteiger partial charge in [0, 0.05) is 18.0 Å². The number of methoxy groups -OCH3 is 1. The van der Waals surface area contributed by atoms with Crippen molar-refractivity contribution < 1.29 is 17.9 Å². The second kappa shape index (κ2) is 6.71. The van der Waals surface area contributed by atoms with Crippen LogP contribution in [0.15, 0.2) is 24.3 Å². The monoisotopic (exact) mass is 269 g/mol. The Labute approximate surface area is 104 Å². The van der Waals surface area contributed by atoms with Crippen LogP contribution < -0.4 is 10.5 Å². The maximum absolute atomic E-state index is 12.0. The van der Waals surface area contributed by atoms with E-state index in [2.05, 4.69) is 0 Å². The molecule has 0 aliphatic carbocycles. The van der Waals surface area contributed by atoms with Gasteiger partial charge in [-0.25, -0.2) is 0 Å². The number of hydrogen-bond acceptors (Lipinski definition) is 2. The van der Waals surface area contributed by atoms with Crippen molar-refractivity contribution in [2.75, 3.05) is 7.11 Å². The highest BCUT2D eigenvalue weighted by molar-refractivity contribution is 5.85. The largest absolute Gasteiger partial charge is 0.496 e. The van der Waals surface area contributed by atoms with Crippen LogP contribution in [0.2, 0.25) is 0 Å². The lowest BCUT2D eigenvalue weighted by molar-refractivity contribution is -0.136. The van der Waals surface area contributed by atoms with Crippen LogP contribution in [0.5, 0.6) is 5.75 Å². The van der Waals surface area contributed by atoms with E-state index < -0.39 is 18.6 Å². The average Bonchev–Trinajstić information content (AvgIpc) is 2.25. The van der Waals surface area contributed by atoms with Gasteiger partial charge in [-0.05, 0) is 12.5 Å². The molecule has 1 atom stereocenters. The Morgan fingerprint density at radius 2 is 1.88 bits per heavy atom. The standard InChI is InChI=1S/C11H14F3NO.ClH/c1-16-10-5-3-2-4-8(10)9(15)6-7-11(12,13)14;/h2-5,9H,6-7,15H2,1H3;1H/t9-;/m0./s1. The van der Waals surface area contributed by atoms with Crippen LogP contribution in [0.3, 0.4) is 0 Å². The summed E-state index contributed by atoms with van der Waals surface area (Å²) in [6, 6.07) is 6.19. The molecule has 1 rings (SSSR count). The van der Waals surface area contributed by atoms with Crippen LogP contribution in [0.4, 0.5) is 13.2 Å². The predicted octanol–water partition coefficient (Wildman–Crippen LogP) is 3.46. The SMILES string of the molecule is COc1ccccc1[C@@H](N)CCC(F)(F)F.Cl. The Morgan fingerprint density at radius 3 is 2.41 bits per heavy atom. The molecule has 6 heteroatoms. The number of rotatable bonds is 4. The maximum atomic E-state index is 12.0. The Morgan fingerprint density at radius 1 is 1.29 bits per heavy atom. The van der Waals surface area contributed by atoms with Gasteiger partial charge in [0.05, 0.1) is 7.11 Å². The van der Waals surface area contributed by atoms with Crippen molar-refractivity contribution in [1.29, 1.82) is 0 Å². The molecule has 0 saturated carbocycles. The van der Waals surface area contributed by atoms with E-state index in [4.69, 9.17) is 10.5 Å². The van der Waals surface area contributed by atoms with E-state index in [0.29, 0.717) is 11.3 Å². The highest BCUT2D eigenvalue weighted by atomic mass is 35.5. The van der Waals surface area contributed by atoms with E-state index in [0.717, 1.165) is 0 Å². The Kier molecular flexibility index (Phi) is 6.34. The highest BCUT2D eigenvalue weighted by Crippen LogP contribution is 2.30. The quantitative estimate of drug-likeness (QED) is 0.908. The summed E-state index contributed by atoms with van der Waals surface area (Å²) >= 11 is 0. The van der Waals surface area contributed by atoms with Gasteiger partial charge in [-0.3, -0.25) is 0 Å². The first-order valence-corrected chi connectivity index (χ1v) is 4.89. The van der Waals surface area contributed by atoms with Gasteiger partial charge in [-0.2, -0.15) is 13.2 Å². The van der Waals surface area contributed by atoms with Gasteiger partial charge in [0.1, 0.15) is 5.75 Å². The minimum atomic E-state index is -4.17. The molecule has 0 heterocycles. The van der Waals surface area contributed by atoms with Gasteiger partial charge < -0.3 is 10.5 Å². The smallest absolute Gasteiger partial charge is 0.389 e. The fraction of sp³-hybridized carbons (Fsp3) is 0.455. The first-order chi connectivity index (χ1) is 7.44. The first-order valence-electron chi connectivity index (χ1n) is 4.89. The molecule has 98 valence electrons. The van der Waals surface area contributed by atoms with Gasteiger partial charge in [0.25, 0.3) is 0 Å². The van der Waals surface area contributed by atoms with E-state index in [1.165, 1.54) is 7.11 Å². The molecule has 17 heavy (non-hydrogen) atoms. The minimum absolute atomic E-state index is 0. The molecule has 1 aromatic rings. The topological polar surface area (TPSA) is 35.2 Å². The lowest BCUT2D eigenvalue weighted by Crippen LogP contribution is -2.16. The van der Waals surface area contributed by atoms with Gasteiger partial charge in [-0.1, -0.05) is 18.2 Å². The van der Waals surface area contributed by atoms with E-state index in [1.807, 2.05) is 0 Å². The number of ether oxygens (including phenoxy) is 1. The van der Waals surface area contributed by atoms with Crippen molar-refractivity contribution in [2.45, 2.75) is 25.1 Å². The lowest BCUT2D eigenvalue weighted by Gasteiger charge is -2.16. The average molecular weight is 270 g/mol. The molecule has 0 spiro atoms. The molecular weight excluding hydrogens is 255 g/mol. The van der Waals surface area contributed by atoms with Gasteiger partial charge in [-0.15, -0.1) is 12.4 Å². The third-order valence-corrected chi connectivity index (χ3v) is 2.28. The summed E-state index contributed by atoms with van der Waals surface area (Å²) < 4.78 is 41.1. The summed E-state index contributed by atoms with van der Waals surface area (Å²) in [5.41, 5.74) is 6.30. The number of nitrogens with two attached hydrogens (primary N) is 1.